The van der Waals surface area contributed by atoms with Crippen LogP contribution in [0.5, 0.6) is 0 Å². The molecule has 3 fully saturated rings. The highest BCUT2D eigenvalue weighted by molar-refractivity contribution is 6.25. The maximum absolute atomic E-state index is 14.0. The van der Waals surface area contributed by atoms with Gasteiger partial charge in [-0.15, -0.1) is 0 Å². The third-order valence-corrected chi connectivity index (χ3v) is 14.2. The first-order chi connectivity index (χ1) is 34.8. The Morgan fingerprint density at radius 1 is 0.833 bits per heavy atom. The Hall–Kier alpha value is -6.73. The molecule has 0 spiro atoms. The molecule has 1 atom stereocenters. The lowest BCUT2D eigenvalue weighted by Crippen LogP contribution is -2.54. The molecule has 5 N–H and O–H groups in total. The summed E-state index contributed by atoms with van der Waals surface area (Å²) in [5.74, 6) is -2.46. The number of benzene rings is 3. The molecule has 18 nitrogen and oxygen atoms in total. The van der Waals surface area contributed by atoms with Crippen molar-refractivity contribution < 1.29 is 38.2 Å². The molecule has 4 aliphatic rings. The van der Waals surface area contributed by atoms with Gasteiger partial charge in [-0.1, -0.05) is 30.3 Å². The van der Waals surface area contributed by atoms with E-state index in [4.69, 9.17) is 9.47 Å². The number of ether oxygens (including phenoxy) is 2. The van der Waals surface area contributed by atoms with Crippen LogP contribution in [0.2, 0.25) is 0 Å². The van der Waals surface area contributed by atoms with E-state index >= 15 is 0 Å². The van der Waals surface area contributed by atoms with E-state index in [9.17, 15) is 33.6 Å². The van der Waals surface area contributed by atoms with Gasteiger partial charge in [0.2, 0.25) is 17.7 Å². The summed E-state index contributed by atoms with van der Waals surface area (Å²) in [6.45, 7) is 16.1. The summed E-state index contributed by atoms with van der Waals surface area (Å²) < 4.78 is 11.4. The summed E-state index contributed by atoms with van der Waals surface area (Å²) in [6, 6.07) is 18.9. The van der Waals surface area contributed by atoms with Gasteiger partial charge in [0.1, 0.15) is 6.04 Å². The minimum atomic E-state index is -1.02. The zero-order valence-electron chi connectivity index (χ0n) is 41.8. The predicted octanol–water partition coefficient (Wildman–Crippen LogP) is 4.06. The molecular formula is C54H67N9O9. The number of rotatable bonds is 20. The number of aromatic nitrogens is 1. The first kappa shape index (κ1) is 51.6. The fourth-order valence-electron chi connectivity index (χ4n) is 10.2. The molecular weight excluding hydrogens is 919 g/mol. The lowest BCUT2D eigenvalue weighted by Gasteiger charge is -2.37. The van der Waals surface area contributed by atoms with Crippen molar-refractivity contribution in [1.29, 1.82) is 0 Å². The number of nitrogens with one attached hydrogen (secondary N) is 5. The molecule has 382 valence electrons. The van der Waals surface area contributed by atoms with Gasteiger partial charge in [-0.25, -0.2) is 0 Å². The summed E-state index contributed by atoms with van der Waals surface area (Å²) in [6.07, 6.45) is 2.59. The van der Waals surface area contributed by atoms with Gasteiger partial charge in [0, 0.05) is 119 Å². The van der Waals surface area contributed by atoms with E-state index in [0.717, 1.165) is 90.6 Å². The van der Waals surface area contributed by atoms with Gasteiger partial charge in [-0.3, -0.25) is 53.6 Å². The molecule has 0 bridgehead atoms. The summed E-state index contributed by atoms with van der Waals surface area (Å²) in [5, 5.41) is 11.4. The summed E-state index contributed by atoms with van der Waals surface area (Å²) in [4.78, 5) is 101. The normalized spacial score (nSPS) is 17.7. The first-order valence-corrected chi connectivity index (χ1v) is 25.2. The van der Waals surface area contributed by atoms with Crippen molar-refractivity contribution in [2.75, 3.05) is 89.0 Å². The fourth-order valence-corrected chi connectivity index (χ4v) is 10.2. The number of pyridine rings is 1. The summed E-state index contributed by atoms with van der Waals surface area (Å²) in [7, 11) is 0. The Morgan fingerprint density at radius 2 is 1.58 bits per heavy atom. The summed E-state index contributed by atoms with van der Waals surface area (Å²) >= 11 is 0. The highest BCUT2D eigenvalue weighted by Gasteiger charge is 2.45. The number of aromatic amines is 1. The van der Waals surface area contributed by atoms with Gasteiger partial charge >= 0.3 is 0 Å². The number of fused-ring (bicyclic) bond motifs is 1. The number of aryl methyl sites for hydroxylation is 2. The number of anilines is 2. The molecule has 1 unspecified atom stereocenters. The van der Waals surface area contributed by atoms with Crippen LogP contribution >= 0.6 is 0 Å². The maximum atomic E-state index is 14.0. The molecule has 0 radical (unpaired) electrons. The van der Waals surface area contributed by atoms with Crippen LogP contribution in [0, 0.1) is 20.8 Å². The van der Waals surface area contributed by atoms with Crippen molar-refractivity contribution in [3.63, 3.8) is 0 Å². The topological polar surface area (TPSA) is 215 Å². The van der Waals surface area contributed by atoms with Crippen LogP contribution in [0.1, 0.15) is 98.0 Å². The lowest BCUT2D eigenvalue weighted by atomic mass is 9.94. The number of hydrogen-bond donors (Lipinski definition) is 5. The molecule has 6 amide bonds. The predicted molar refractivity (Wildman–Crippen MR) is 273 cm³/mol. The van der Waals surface area contributed by atoms with E-state index in [2.05, 4.69) is 78.2 Å². The van der Waals surface area contributed by atoms with Crippen LogP contribution in [-0.2, 0) is 36.9 Å². The summed E-state index contributed by atoms with van der Waals surface area (Å²) in [5.41, 5.74) is 8.54. The number of imide groups is 2. The van der Waals surface area contributed by atoms with Crippen molar-refractivity contribution >= 4 is 46.8 Å². The highest BCUT2D eigenvalue weighted by atomic mass is 16.5. The van der Waals surface area contributed by atoms with Gasteiger partial charge < -0.3 is 35.3 Å². The molecule has 8 rings (SSSR count). The second-order valence-corrected chi connectivity index (χ2v) is 19.1. The second-order valence-electron chi connectivity index (χ2n) is 19.1. The number of nitrogens with zero attached hydrogens (tertiary/aromatic N) is 4. The second kappa shape index (κ2) is 23.7. The fraction of sp³-hybridized carbons (Fsp3) is 0.463. The first-order valence-electron chi connectivity index (χ1n) is 25.2. The number of H-pyrrole nitrogens is 1. The molecule has 0 aliphatic carbocycles. The van der Waals surface area contributed by atoms with Crippen LogP contribution in [0.25, 0.3) is 11.1 Å². The van der Waals surface area contributed by atoms with E-state index in [1.165, 1.54) is 5.56 Å². The third-order valence-electron chi connectivity index (χ3n) is 14.2. The minimum absolute atomic E-state index is 0.0562. The Balaban J connectivity index is 0.769. The zero-order chi connectivity index (χ0) is 50.9. The van der Waals surface area contributed by atoms with Crippen LogP contribution in [0.3, 0.4) is 0 Å². The van der Waals surface area contributed by atoms with E-state index in [1.807, 2.05) is 32.9 Å². The van der Waals surface area contributed by atoms with Crippen LogP contribution < -0.4 is 31.7 Å². The number of piperidine rings is 1. The molecule has 4 aromatic rings. The molecule has 18 heteroatoms. The van der Waals surface area contributed by atoms with Crippen molar-refractivity contribution in [3.05, 3.63) is 116 Å². The van der Waals surface area contributed by atoms with Crippen molar-refractivity contribution in [3.8, 4) is 11.1 Å². The molecule has 0 saturated carbocycles. The molecule has 3 saturated heterocycles. The van der Waals surface area contributed by atoms with Crippen LogP contribution in [0.4, 0.5) is 11.4 Å². The number of carbonyl (C=O) groups is 6. The van der Waals surface area contributed by atoms with E-state index < -0.39 is 29.7 Å². The van der Waals surface area contributed by atoms with Crippen molar-refractivity contribution in [2.45, 2.75) is 85.0 Å². The number of hydrogen-bond acceptors (Lipinski definition) is 13. The smallest absolute Gasteiger partial charge is 0.264 e. The Labute approximate surface area is 420 Å². The molecule has 1 aromatic heterocycles. The van der Waals surface area contributed by atoms with E-state index in [0.29, 0.717) is 75.3 Å². The van der Waals surface area contributed by atoms with Gasteiger partial charge in [-0.2, -0.15) is 0 Å². The minimum Gasteiger partial charge on any atom is -0.384 e. The number of carbonyl (C=O) groups excluding carboxylic acids is 6. The standard InChI is InChI=1S/C54H67N9O9/c1-5-62(40-16-25-72-26-17-40)46-30-39(29-42(36(46)4)50(66)57-31-43-34(2)28-35(3)58-51(43)67)38-12-10-37(11-13-38)32-60-20-22-61(23-21-60)33-48(65)56-19-27-71-24-7-18-55-44-9-6-8-41-49(44)54(70)63(53(41)69)45-14-15-47(64)59-52(45)68/h6,8-13,28-30,40,45,55H,5,7,14-27,31-33H2,1-4H3,(H,56,65)(H,57,66)(H,58,67)(H,59,64,68). The van der Waals surface area contributed by atoms with Gasteiger partial charge in [0.25, 0.3) is 23.3 Å². The average Bonchev–Trinajstić information content (AvgIpc) is 3.62. The Bertz CT molecular complexity index is 2730. The average molecular weight is 986 g/mol. The largest absolute Gasteiger partial charge is 0.384 e. The third kappa shape index (κ3) is 12.1. The SMILES string of the molecule is CCN(c1cc(-c2ccc(CN3CCN(CC(=O)NCCOCCCNc4cccc5c4C(=O)N(C4CCC(=O)NC4=O)C5=O)CC3)cc2)cc(C(=O)NCc2c(C)cc(C)[nH]c2=O)c1C)C1CCOCC1. The van der Waals surface area contributed by atoms with E-state index in [-0.39, 0.29) is 47.9 Å². The van der Waals surface area contributed by atoms with E-state index in [1.54, 1.807) is 18.2 Å². The molecule has 4 aliphatic heterocycles. The Kier molecular flexibility index (Phi) is 17.0. The van der Waals surface area contributed by atoms with Gasteiger partial charge in [0.15, 0.2) is 0 Å². The molecule has 3 aromatic carbocycles. The number of amides is 6. The monoisotopic (exact) mass is 986 g/mol. The van der Waals surface area contributed by atoms with Gasteiger partial charge in [-0.05, 0) is 112 Å². The van der Waals surface area contributed by atoms with Gasteiger partial charge in [0.05, 0.1) is 24.3 Å². The van der Waals surface area contributed by atoms with Crippen molar-refractivity contribution in [2.24, 2.45) is 0 Å². The number of piperazine rings is 1. The molecule has 5 heterocycles. The quantitative estimate of drug-likeness (QED) is 0.0625. The maximum Gasteiger partial charge on any atom is 0.264 e. The van der Waals surface area contributed by atoms with Crippen molar-refractivity contribution in [1.82, 2.24) is 35.6 Å². The Morgan fingerprint density at radius 3 is 2.31 bits per heavy atom. The van der Waals surface area contributed by atoms with Crippen LogP contribution in [-0.4, -0.2) is 146 Å². The highest BCUT2D eigenvalue weighted by Crippen LogP contribution is 2.35. The lowest BCUT2D eigenvalue weighted by molar-refractivity contribution is -0.136. The zero-order valence-corrected chi connectivity index (χ0v) is 41.8. The van der Waals surface area contributed by atoms with Crippen LogP contribution in [0.15, 0.2) is 65.5 Å². The molecule has 72 heavy (non-hydrogen) atoms.